The van der Waals surface area contributed by atoms with Crippen LogP contribution in [0.2, 0.25) is 0 Å². The monoisotopic (exact) mass is 437 g/mol. The number of ether oxygens (including phenoxy) is 3. The van der Waals surface area contributed by atoms with Gasteiger partial charge in [0.2, 0.25) is 5.88 Å². The number of carbonyl (C=O) groups excluding carboxylic acids is 1. The summed E-state index contributed by atoms with van der Waals surface area (Å²) >= 11 is 1.43. The van der Waals surface area contributed by atoms with Crippen LogP contribution < -0.4 is 19.5 Å². The number of benzene rings is 2. The van der Waals surface area contributed by atoms with Gasteiger partial charge >= 0.3 is 0 Å². The molecule has 0 saturated carbocycles. The Hall–Kier alpha value is -3.72. The maximum Gasteiger partial charge on any atom is 0.262 e. The highest BCUT2D eigenvalue weighted by atomic mass is 32.1. The van der Waals surface area contributed by atoms with Gasteiger partial charge in [0.25, 0.3) is 5.91 Å². The maximum atomic E-state index is 13.3. The molecular formula is C22H16FN3O4S. The minimum Gasteiger partial charge on any atom is -0.486 e. The fourth-order valence-electron chi connectivity index (χ4n) is 3.25. The van der Waals surface area contributed by atoms with Gasteiger partial charge in [0.15, 0.2) is 18.1 Å². The number of fused-ring (bicyclic) bond motifs is 2. The van der Waals surface area contributed by atoms with Crippen LogP contribution in [0.15, 0.2) is 54.2 Å². The average Bonchev–Trinajstić information content (AvgIpc) is 3.23. The summed E-state index contributed by atoms with van der Waals surface area (Å²) in [5.41, 5.74) is 2.21. The second-order valence-electron chi connectivity index (χ2n) is 6.71. The Kier molecular flexibility index (Phi) is 5.09. The third kappa shape index (κ3) is 3.99. The number of thiophene rings is 1. The summed E-state index contributed by atoms with van der Waals surface area (Å²) in [5, 5.41) is 5.37. The highest BCUT2D eigenvalue weighted by molar-refractivity contribution is 7.17. The molecule has 0 spiro atoms. The third-order valence-corrected chi connectivity index (χ3v) is 5.54. The van der Waals surface area contributed by atoms with Crippen LogP contribution in [0.3, 0.4) is 0 Å². The largest absolute Gasteiger partial charge is 0.486 e. The molecule has 0 unspecified atom stereocenters. The SMILES string of the molecule is O=C(COc1ncnc2scc(-c3ccc(F)cc3)c12)Nc1ccc2c(c1)OCCO2. The molecule has 7 nitrogen and oxygen atoms in total. The summed E-state index contributed by atoms with van der Waals surface area (Å²) in [4.78, 5) is 21.6. The van der Waals surface area contributed by atoms with Crippen LogP contribution in [0.1, 0.15) is 0 Å². The molecule has 1 N–H and O–H groups in total. The van der Waals surface area contributed by atoms with Crippen LogP contribution in [-0.4, -0.2) is 35.7 Å². The molecule has 9 heteroatoms. The van der Waals surface area contributed by atoms with Crippen LogP contribution in [0.4, 0.5) is 10.1 Å². The molecular weight excluding hydrogens is 421 g/mol. The van der Waals surface area contributed by atoms with Gasteiger partial charge in [0, 0.05) is 22.7 Å². The molecule has 0 atom stereocenters. The van der Waals surface area contributed by atoms with Gasteiger partial charge in [-0.25, -0.2) is 14.4 Å². The van der Waals surface area contributed by atoms with Crippen molar-refractivity contribution in [3.8, 4) is 28.5 Å². The molecule has 1 amide bonds. The van der Waals surface area contributed by atoms with Crippen molar-refractivity contribution in [3.63, 3.8) is 0 Å². The van der Waals surface area contributed by atoms with Crippen molar-refractivity contribution >= 4 is 33.1 Å². The first-order chi connectivity index (χ1) is 15.2. The van der Waals surface area contributed by atoms with E-state index in [0.717, 1.165) is 16.0 Å². The number of amides is 1. The Morgan fingerprint density at radius 1 is 1.10 bits per heavy atom. The van der Waals surface area contributed by atoms with Gasteiger partial charge in [0.05, 0.1) is 5.39 Å². The number of carbonyl (C=O) groups is 1. The Labute approximate surface area is 180 Å². The molecule has 156 valence electrons. The molecule has 4 aromatic rings. The summed E-state index contributed by atoms with van der Waals surface area (Å²) < 4.78 is 30.0. The van der Waals surface area contributed by atoms with Crippen molar-refractivity contribution in [1.82, 2.24) is 9.97 Å². The zero-order valence-electron chi connectivity index (χ0n) is 16.1. The van der Waals surface area contributed by atoms with Crippen LogP contribution in [0.25, 0.3) is 21.3 Å². The van der Waals surface area contributed by atoms with Gasteiger partial charge in [-0.15, -0.1) is 11.3 Å². The minimum absolute atomic E-state index is 0.237. The van der Waals surface area contributed by atoms with Crippen LogP contribution >= 0.6 is 11.3 Å². The third-order valence-electron chi connectivity index (χ3n) is 4.66. The number of rotatable bonds is 5. The van der Waals surface area contributed by atoms with Crippen molar-refractivity contribution in [1.29, 1.82) is 0 Å². The van der Waals surface area contributed by atoms with Gasteiger partial charge < -0.3 is 19.5 Å². The molecule has 5 rings (SSSR count). The van der Waals surface area contributed by atoms with Crippen molar-refractivity contribution < 1.29 is 23.4 Å². The van der Waals surface area contributed by atoms with E-state index in [-0.39, 0.29) is 18.3 Å². The number of nitrogens with zero attached hydrogens (tertiary/aromatic N) is 2. The summed E-state index contributed by atoms with van der Waals surface area (Å²) in [5.74, 6) is 0.871. The van der Waals surface area contributed by atoms with E-state index in [4.69, 9.17) is 14.2 Å². The zero-order chi connectivity index (χ0) is 21.2. The summed E-state index contributed by atoms with van der Waals surface area (Å²) in [6.45, 7) is 0.732. The smallest absolute Gasteiger partial charge is 0.262 e. The van der Waals surface area contributed by atoms with Crippen molar-refractivity contribution in [2.24, 2.45) is 0 Å². The number of hydrogen-bond donors (Lipinski definition) is 1. The van der Waals surface area contributed by atoms with E-state index in [1.165, 1.54) is 29.8 Å². The lowest BCUT2D eigenvalue weighted by Crippen LogP contribution is -2.21. The van der Waals surface area contributed by atoms with Gasteiger partial charge in [0.1, 0.15) is 30.2 Å². The maximum absolute atomic E-state index is 13.3. The van der Waals surface area contributed by atoms with E-state index in [9.17, 15) is 9.18 Å². The van der Waals surface area contributed by atoms with Crippen LogP contribution in [0.5, 0.6) is 17.4 Å². The first kappa shape index (κ1) is 19.3. The number of hydrogen-bond acceptors (Lipinski definition) is 7. The Morgan fingerprint density at radius 3 is 2.74 bits per heavy atom. The van der Waals surface area contributed by atoms with E-state index in [1.54, 1.807) is 30.3 Å². The van der Waals surface area contributed by atoms with Crippen molar-refractivity contribution in [2.75, 3.05) is 25.1 Å². The summed E-state index contributed by atoms with van der Waals surface area (Å²) in [6, 6.07) is 11.3. The molecule has 0 aliphatic carbocycles. The number of halogens is 1. The molecule has 3 heterocycles. The normalized spacial score (nSPS) is 12.5. The molecule has 0 bridgehead atoms. The lowest BCUT2D eigenvalue weighted by Gasteiger charge is -2.19. The van der Waals surface area contributed by atoms with Crippen LogP contribution in [-0.2, 0) is 4.79 Å². The number of anilines is 1. The Bertz CT molecular complexity index is 1260. The minimum atomic E-state index is -0.345. The van der Waals surface area contributed by atoms with E-state index in [1.807, 2.05) is 5.38 Å². The van der Waals surface area contributed by atoms with Gasteiger partial charge in [-0.05, 0) is 29.8 Å². The predicted molar refractivity (Wildman–Crippen MR) is 114 cm³/mol. The summed E-state index contributed by atoms with van der Waals surface area (Å²) in [7, 11) is 0. The quantitative estimate of drug-likeness (QED) is 0.502. The fourth-order valence-corrected chi connectivity index (χ4v) is 4.16. The molecule has 31 heavy (non-hydrogen) atoms. The first-order valence-corrected chi connectivity index (χ1v) is 10.4. The fraction of sp³-hybridized carbons (Fsp3) is 0.136. The average molecular weight is 437 g/mol. The van der Waals surface area contributed by atoms with E-state index >= 15 is 0 Å². The van der Waals surface area contributed by atoms with E-state index < -0.39 is 0 Å². The molecule has 1 aliphatic rings. The molecule has 0 radical (unpaired) electrons. The second kappa shape index (κ2) is 8.19. The Morgan fingerprint density at radius 2 is 1.90 bits per heavy atom. The lowest BCUT2D eigenvalue weighted by molar-refractivity contribution is -0.118. The molecule has 0 fully saturated rings. The van der Waals surface area contributed by atoms with Crippen LogP contribution in [0, 0.1) is 5.82 Å². The number of aromatic nitrogens is 2. The number of nitrogens with one attached hydrogen (secondary N) is 1. The molecule has 2 aromatic heterocycles. The lowest BCUT2D eigenvalue weighted by atomic mass is 10.1. The zero-order valence-corrected chi connectivity index (χ0v) is 16.9. The van der Waals surface area contributed by atoms with Gasteiger partial charge in [-0.3, -0.25) is 4.79 Å². The van der Waals surface area contributed by atoms with Gasteiger partial charge in [-0.1, -0.05) is 12.1 Å². The standard InChI is InChI=1S/C22H16FN3O4S/c23-14-3-1-13(2-4-14)16-11-31-22-20(16)21(24-12-25-22)30-10-19(27)26-15-5-6-17-18(9-15)29-8-7-28-17/h1-6,9,11-12H,7-8,10H2,(H,26,27). The second-order valence-corrected chi connectivity index (χ2v) is 7.57. The van der Waals surface area contributed by atoms with Gasteiger partial charge in [-0.2, -0.15) is 0 Å². The molecule has 1 aliphatic heterocycles. The van der Waals surface area contributed by atoms with E-state index in [2.05, 4.69) is 15.3 Å². The Balaban J connectivity index is 1.33. The summed E-state index contributed by atoms with van der Waals surface area (Å²) in [6.07, 6.45) is 1.39. The van der Waals surface area contributed by atoms with E-state index in [0.29, 0.717) is 41.7 Å². The molecule has 0 saturated heterocycles. The highest BCUT2D eigenvalue weighted by Gasteiger charge is 2.16. The molecule has 2 aromatic carbocycles. The highest BCUT2D eigenvalue weighted by Crippen LogP contribution is 2.37. The first-order valence-electron chi connectivity index (χ1n) is 9.48. The van der Waals surface area contributed by atoms with Crippen molar-refractivity contribution in [3.05, 3.63) is 60.0 Å². The predicted octanol–water partition coefficient (Wildman–Crippen LogP) is 4.29. The topological polar surface area (TPSA) is 82.6 Å². The van der Waals surface area contributed by atoms with Crippen molar-refractivity contribution in [2.45, 2.75) is 0 Å².